The monoisotopic (exact) mass is 471 g/mol. The zero-order chi connectivity index (χ0) is 18.6. The summed E-state index contributed by atoms with van der Waals surface area (Å²) in [5.41, 5.74) is 1.15. The van der Waals surface area contributed by atoms with Gasteiger partial charge in [-0.2, -0.15) is 0 Å². The molecule has 134 valence electrons. The molecular weight excluding hydrogens is 460 g/mol. The van der Waals surface area contributed by atoms with E-state index in [0.717, 1.165) is 4.90 Å². The third-order valence-corrected chi connectivity index (χ3v) is 5.37. The highest BCUT2D eigenvalue weighted by Crippen LogP contribution is 2.46. The fourth-order valence-corrected chi connectivity index (χ4v) is 4.05. The molecule has 0 aliphatic carbocycles. The number of esters is 1. The molecule has 1 unspecified atom stereocenters. The smallest absolute Gasteiger partial charge is 0.416 e. The first-order valence-electron chi connectivity index (χ1n) is 7.62. The van der Waals surface area contributed by atoms with E-state index in [0.29, 0.717) is 9.13 Å². The molecule has 1 aromatic carbocycles. The first kappa shape index (κ1) is 17.2. The van der Waals surface area contributed by atoms with Crippen LogP contribution in [-0.4, -0.2) is 47.7 Å². The van der Waals surface area contributed by atoms with Crippen molar-refractivity contribution < 1.29 is 33.4 Å². The molecule has 7 nitrogen and oxygen atoms in total. The van der Waals surface area contributed by atoms with E-state index < -0.39 is 29.6 Å². The number of hydrogen-bond acceptors (Lipinski definition) is 5. The van der Waals surface area contributed by atoms with Crippen LogP contribution in [0.4, 0.5) is 9.18 Å². The molecule has 9 heteroatoms. The van der Waals surface area contributed by atoms with Crippen LogP contribution < -0.4 is 0 Å². The molecule has 4 rings (SSSR count). The number of ether oxygens (including phenoxy) is 2. The number of hydrogen-bond donors (Lipinski definition) is 1. The Kier molecular flexibility index (Phi) is 4.07. The van der Waals surface area contributed by atoms with E-state index in [-0.39, 0.29) is 42.4 Å². The lowest BCUT2D eigenvalue weighted by molar-refractivity contribution is -0.136. The highest BCUT2D eigenvalue weighted by atomic mass is 127. The van der Waals surface area contributed by atoms with Gasteiger partial charge in [0.2, 0.25) is 0 Å². The van der Waals surface area contributed by atoms with Crippen LogP contribution in [0.1, 0.15) is 11.5 Å². The fourth-order valence-electron chi connectivity index (χ4n) is 3.51. The Balaban J connectivity index is 1.99. The van der Waals surface area contributed by atoms with Crippen molar-refractivity contribution in [3.05, 3.63) is 55.7 Å². The molecule has 0 spiro atoms. The third kappa shape index (κ3) is 2.45. The van der Waals surface area contributed by atoms with E-state index in [9.17, 15) is 23.9 Å². The van der Waals surface area contributed by atoms with Gasteiger partial charge in [-0.15, -0.1) is 0 Å². The Morgan fingerprint density at radius 1 is 1.19 bits per heavy atom. The number of carboxylic acid groups (broad SMARTS) is 1. The van der Waals surface area contributed by atoms with Crippen molar-refractivity contribution in [2.24, 2.45) is 0 Å². The van der Waals surface area contributed by atoms with Gasteiger partial charge in [0, 0.05) is 15.1 Å². The van der Waals surface area contributed by atoms with Crippen LogP contribution in [0.3, 0.4) is 0 Å². The summed E-state index contributed by atoms with van der Waals surface area (Å²) in [4.78, 5) is 37.6. The van der Waals surface area contributed by atoms with Crippen molar-refractivity contribution in [3.8, 4) is 0 Å². The minimum Gasteiger partial charge on any atom is -0.464 e. The van der Waals surface area contributed by atoms with Crippen LogP contribution in [0.2, 0.25) is 0 Å². The number of nitrogens with zero attached hydrogens (tertiary/aromatic N) is 1. The van der Waals surface area contributed by atoms with E-state index in [2.05, 4.69) is 0 Å². The Labute approximate surface area is 160 Å². The first-order valence-corrected chi connectivity index (χ1v) is 8.70. The maximum atomic E-state index is 13.7. The van der Waals surface area contributed by atoms with E-state index in [4.69, 9.17) is 9.47 Å². The Hall–Kier alpha value is -2.27. The summed E-state index contributed by atoms with van der Waals surface area (Å²) in [5, 5.41) is 9.61. The molecule has 1 aromatic rings. The average Bonchev–Trinajstić information content (AvgIpc) is 2.97. The van der Waals surface area contributed by atoms with E-state index >= 15 is 0 Å². The Morgan fingerprint density at radius 3 is 2.62 bits per heavy atom. The summed E-state index contributed by atoms with van der Waals surface area (Å²) < 4.78 is 24.3. The van der Waals surface area contributed by atoms with Gasteiger partial charge in [-0.3, -0.25) is 4.79 Å². The predicted octanol–water partition coefficient (Wildman–Crippen LogP) is 2.17. The number of benzene rings is 1. The third-order valence-electron chi connectivity index (χ3n) is 4.54. The van der Waals surface area contributed by atoms with Crippen LogP contribution in [0, 0.1) is 9.39 Å². The largest absolute Gasteiger partial charge is 0.464 e. The van der Waals surface area contributed by atoms with Gasteiger partial charge in [0.15, 0.2) is 5.78 Å². The van der Waals surface area contributed by atoms with E-state index in [1.165, 1.54) is 12.1 Å². The zero-order valence-corrected chi connectivity index (χ0v) is 15.3. The second-order valence-corrected chi connectivity index (χ2v) is 7.10. The summed E-state index contributed by atoms with van der Waals surface area (Å²) in [6, 6.07) is 4.29. The first-order chi connectivity index (χ1) is 12.4. The number of carbonyl (C=O) groups excluding carboxylic acids is 2. The lowest BCUT2D eigenvalue weighted by atomic mass is 9.78. The Morgan fingerprint density at radius 2 is 1.92 bits per heavy atom. The van der Waals surface area contributed by atoms with Gasteiger partial charge in [0.05, 0.1) is 23.6 Å². The summed E-state index contributed by atoms with van der Waals surface area (Å²) in [6.45, 7) is -0.494. The predicted molar refractivity (Wildman–Crippen MR) is 92.6 cm³/mol. The quantitative estimate of drug-likeness (QED) is 0.499. The lowest BCUT2D eigenvalue weighted by Gasteiger charge is -2.36. The number of ketones is 1. The molecule has 0 saturated carbocycles. The molecule has 0 aromatic heterocycles. The number of rotatable bonds is 1. The van der Waals surface area contributed by atoms with Crippen LogP contribution in [0.25, 0.3) is 0 Å². The van der Waals surface area contributed by atoms with E-state index in [1.54, 1.807) is 6.07 Å². The van der Waals surface area contributed by atoms with Gasteiger partial charge in [0.25, 0.3) is 0 Å². The second-order valence-electron chi connectivity index (χ2n) is 5.94. The summed E-state index contributed by atoms with van der Waals surface area (Å²) >= 11 is 1.82. The van der Waals surface area contributed by atoms with Gasteiger partial charge in [-0.05, 0) is 40.3 Å². The van der Waals surface area contributed by atoms with Crippen molar-refractivity contribution >= 4 is 40.4 Å². The number of carbonyl (C=O) groups is 3. The van der Waals surface area contributed by atoms with Crippen molar-refractivity contribution in [3.63, 3.8) is 0 Å². The molecule has 0 fully saturated rings. The summed E-state index contributed by atoms with van der Waals surface area (Å²) in [5.74, 6) is -2.32. The minimum atomic E-state index is -1.33. The molecule has 0 bridgehead atoms. The molecule has 1 N–H and O–H groups in total. The average molecular weight is 471 g/mol. The van der Waals surface area contributed by atoms with Crippen LogP contribution in [-0.2, 0) is 19.1 Å². The van der Waals surface area contributed by atoms with Crippen LogP contribution >= 0.6 is 22.6 Å². The standard InChI is InChI=1S/C17H11FINO6/c18-8-2-1-7(3-9(8)19)13-14-10(4-25-6-12(14)21)20(17(23)24)11-5-26-16(22)15(11)13/h1-3,13H,4-6H2,(H,23,24). The van der Waals surface area contributed by atoms with Gasteiger partial charge < -0.3 is 14.6 Å². The van der Waals surface area contributed by atoms with Gasteiger partial charge in [-0.1, -0.05) is 6.07 Å². The van der Waals surface area contributed by atoms with Crippen molar-refractivity contribution in [1.29, 1.82) is 0 Å². The molecular formula is C17H11FINO6. The maximum Gasteiger partial charge on any atom is 0.416 e. The highest BCUT2D eigenvalue weighted by Gasteiger charge is 2.48. The van der Waals surface area contributed by atoms with Gasteiger partial charge in [-0.25, -0.2) is 18.9 Å². The normalized spacial score (nSPS) is 22.4. The Bertz CT molecular complexity index is 937. The molecule has 3 aliphatic rings. The van der Waals surface area contributed by atoms with Crippen molar-refractivity contribution in [1.82, 2.24) is 4.90 Å². The zero-order valence-electron chi connectivity index (χ0n) is 13.1. The molecule has 1 atom stereocenters. The van der Waals surface area contributed by atoms with Gasteiger partial charge >= 0.3 is 12.1 Å². The number of cyclic esters (lactones) is 1. The van der Waals surface area contributed by atoms with Gasteiger partial charge in [0.1, 0.15) is 19.0 Å². The van der Waals surface area contributed by atoms with Crippen molar-refractivity contribution in [2.75, 3.05) is 19.8 Å². The number of amides is 1. The molecule has 3 aliphatic heterocycles. The fraction of sp³-hybridized carbons (Fsp3) is 0.235. The minimum absolute atomic E-state index is 0.0763. The van der Waals surface area contributed by atoms with Crippen LogP contribution in [0.15, 0.2) is 40.7 Å². The number of Topliss-reactive ketones (excluding diaryl/α,β-unsaturated/α-hetero) is 1. The topological polar surface area (TPSA) is 93.1 Å². The number of halogens is 2. The van der Waals surface area contributed by atoms with Crippen molar-refractivity contribution in [2.45, 2.75) is 5.92 Å². The molecule has 26 heavy (non-hydrogen) atoms. The highest BCUT2D eigenvalue weighted by molar-refractivity contribution is 14.1. The molecule has 1 amide bonds. The summed E-state index contributed by atoms with van der Waals surface area (Å²) in [6.07, 6.45) is -1.33. The SMILES string of the molecule is O=C1COCC2=C1C(c1ccc(F)c(I)c1)C1=C(COC1=O)N2C(=O)O. The summed E-state index contributed by atoms with van der Waals surface area (Å²) in [7, 11) is 0. The lowest BCUT2D eigenvalue weighted by Crippen LogP contribution is -2.42. The second kappa shape index (κ2) is 6.16. The maximum absolute atomic E-state index is 13.7. The molecule has 0 radical (unpaired) electrons. The molecule has 3 heterocycles. The van der Waals surface area contributed by atoms with Crippen LogP contribution in [0.5, 0.6) is 0 Å². The molecule has 0 saturated heterocycles. The van der Waals surface area contributed by atoms with E-state index in [1.807, 2.05) is 22.6 Å².